The first-order chi connectivity index (χ1) is 15.0. The summed E-state index contributed by atoms with van der Waals surface area (Å²) in [6.45, 7) is 3.73. The van der Waals surface area contributed by atoms with Gasteiger partial charge in [0.25, 0.3) is 0 Å². The number of hydrogen-bond acceptors (Lipinski definition) is 5. The maximum atomic E-state index is 5.25. The lowest BCUT2D eigenvalue weighted by atomic mass is 10.2. The standard InChI is InChI=1S/C23H30N6O2/c1-17-26-27-22(29(17)3)15-25-23(24-14-18-6-10-20(30-4)11-7-18)28(2)16-19-8-12-21(31-5)13-9-19/h6-13H,14-16H2,1-5H3,(H,24,25). The SMILES string of the molecule is COc1ccc(CN=C(NCc2nnc(C)n2C)N(C)Cc2ccc(OC)cc2)cc1. The molecular weight excluding hydrogens is 392 g/mol. The minimum absolute atomic E-state index is 0.533. The highest BCUT2D eigenvalue weighted by Gasteiger charge is 2.11. The summed E-state index contributed by atoms with van der Waals surface area (Å²) in [5, 5.41) is 11.8. The van der Waals surface area contributed by atoms with Gasteiger partial charge in [-0.3, -0.25) is 0 Å². The van der Waals surface area contributed by atoms with Crippen LogP contribution in [-0.4, -0.2) is 46.9 Å². The average molecular weight is 423 g/mol. The third-order valence-corrected chi connectivity index (χ3v) is 5.10. The molecule has 8 heteroatoms. The Morgan fingerprint density at radius 1 is 0.968 bits per heavy atom. The summed E-state index contributed by atoms with van der Waals surface area (Å²) in [6, 6.07) is 16.0. The van der Waals surface area contributed by atoms with E-state index in [1.165, 1.54) is 0 Å². The number of nitrogens with one attached hydrogen (secondary N) is 1. The fourth-order valence-corrected chi connectivity index (χ4v) is 3.05. The third kappa shape index (κ3) is 5.97. The second-order valence-corrected chi connectivity index (χ2v) is 7.27. The highest BCUT2D eigenvalue weighted by Crippen LogP contribution is 2.14. The second-order valence-electron chi connectivity index (χ2n) is 7.27. The summed E-state index contributed by atoms with van der Waals surface area (Å²) in [4.78, 5) is 6.93. The summed E-state index contributed by atoms with van der Waals surface area (Å²) in [7, 11) is 7.31. The van der Waals surface area contributed by atoms with Gasteiger partial charge in [-0.15, -0.1) is 10.2 Å². The van der Waals surface area contributed by atoms with Crippen molar-refractivity contribution in [2.75, 3.05) is 21.3 Å². The maximum absolute atomic E-state index is 5.25. The molecule has 0 saturated carbocycles. The van der Waals surface area contributed by atoms with Crippen molar-refractivity contribution in [3.8, 4) is 11.5 Å². The summed E-state index contributed by atoms with van der Waals surface area (Å²) < 4.78 is 12.5. The van der Waals surface area contributed by atoms with Gasteiger partial charge in [0.1, 0.15) is 17.3 Å². The van der Waals surface area contributed by atoms with Crippen LogP contribution < -0.4 is 14.8 Å². The van der Waals surface area contributed by atoms with Crippen LogP contribution in [-0.2, 0) is 26.7 Å². The van der Waals surface area contributed by atoms with E-state index in [0.29, 0.717) is 19.6 Å². The zero-order chi connectivity index (χ0) is 22.2. The molecule has 3 aromatic rings. The van der Waals surface area contributed by atoms with Gasteiger partial charge in [-0.1, -0.05) is 24.3 Å². The van der Waals surface area contributed by atoms with Crippen LogP contribution in [0.5, 0.6) is 11.5 Å². The molecule has 0 bridgehead atoms. The third-order valence-electron chi connectivity index (χ3n) is 5.10. The Balaban J connectivity index is 1.74. The zero-order valence-corrected chi connectivity index (χ0v) is 18.8. The molecule has 0 unspecified atom stereocenters. The average Bonchev–Trinajstić information content (AvgIpc) is 3.12. The number of aliphatic imine (C=N–C) groups is 1. The van der Waals surface area contributed by atoms with Gasteiger partial charge in [0, 0.05) is 20.6 Å². The van der Waals surface area contributed by atoms with Crippen molar-refractivity contribution in [2.45, 2.75) is 26.6 Å². The number of benzene rings is 2. The molecule has 0 saturated heterocycles. The monoisotopic (exact) mass is 422 g/mol. The molecule has 164 valence electrons. The van der Waals surface area contributed by atoms with Gasteiger partial charge in [0.2, 0.25) is 0 Å². The van der Waals surface area contributed by atoms with E-state index in [4.69, 9.17) is 14.5 Å². The minimum atomic E-state index is 0.533. The Morgan fingerprint density at radius 3 is 2.06 bits per heavy atom. The van der Waals surface area contributed by atoms with Crippen molar-refractivity contribution in [1.82, 2.24) is 25.0 Å². The molecule has 0 amide bonds. The van der Waals surface area contributed by atoms with Crippen LogP contribution in [0.4, 0.5) is 0 Å². The first kappa shape index (κ1) is 22.1. The van der Waals surface area contributed by atoms with E-state index >= 15 is 0 Å². The molecule has 8 nitrogen and oxygen atoms in total. The number of methoxy groups -OCH3 is 2. The number of ether oxygens (including phenoxy) is 2. The van der Waals surface area contributed by atoms with Crippen LogP contribution >= 0.6 is 0 Å². The largest absolute Gasteiger partial charge is 0.497 e. The minimum Gasteiger partial charge on any atom is -0.497 e. The van der Waals surface area contributed by atoms with Crippen molar-refractivity contribution < 1.29 is 9.47 Å². The van der Waals surface area contributed by atoms with Gasteiger partial charge in [-0.05, 0) is 42.3 Å². The van der Waals surface area contributed by atoms with Gasteiger partial charge in [0.15, 0.2) is 11.8 Å². The topological polar surface area (TPSA) is 76.8 Å². The van der Waals surface area contributed by atoms with E-state index in [0.717, 1.165) is 40.2 Å². The lowest BCUT2D eigenvalue weighted by molar-refractivity contribution is 0.414. The Labute approximate surface area is 183 Å². The summed E-state index contributed by atoms with van der Waals surface area (Å²) in [6.07, 6.45) is 0. The number of hydrogen-bond donors (Lipinski definition) is 1. The second kappa shape index (κ2) is 10.5. The molecule has 0 aliphatic rings. The number of nitrogens with zero attached hydrogens (tertiary/aromatic N) is 5. The van der Waals surface area contributed by atoms with Crippen molar-refractivity contribution in [3.63, 3.8) is 0 Å². The van der Waals surface area contributed by atoms with Crippen molar-refractivity contribution in [2.24, 2.45) is 12.0 Å². The first-order valence-corrected chi connectivity index (χ1v) is 10.1. The van der Waals surface area contributed by atoms with Crippen LogP contribution in [0.3, 0.4) is 0 Å². The molecular formula is C23H30N6O2. The fraction of sp³-hybridized carbons (Fsp3) is 0.348. The molecule has 3 rings (SSSR count). The number of aromatic nitrogens is 3. The van der Waals surface area contributed by atoms with Crippen LogP contribution in [0.25, 0.3) is 0 Å². The number of guanidine groups is 1. The van der Waals surface area contributed by atoms with Crippen LogP contribution in [0.2, 0.25) is 0 Å². The molecule has 31 heavy (non-hydrogen) atoms. The smallest absolute Gasteiger partial charge is 0.194 e. The van der Waals surface area contributed by atoms with Gasteiger partial charge in [0.05, 0.1) is 27.3 Å². The van der Waals surface area contributed by atoms with E-state index in [9.17, 15) is 0 Å². The molecule has 0 atom stereocenters. The summed E-state index contributed by atoms with van der Waals surface area (Å²) >= 11 is 0. The van der Waals surface area contributed by atoms with E-state index in [2.05, 4.69) is 32.5 Å². The molecule has 1 N–H and O–H groups in total. The quantitative estimate of drug-likeness (QED) is 0.444. The normalized spacial score (nSPS) is 11.3. The predicted molar refractivity (Wildman–Crippen MR) is 121 cm³/mol. The van der Waals surface area contributed by atoms with Crippen LogP contribution in [0.15, 0.2) is 53.5 Å². The summed E-state index contributed by atoms with van der Waals surface area (Å²) in [5.74, 6) is 4.19. The molecule has 0 spiro atoms. The fourth-order valence-electron chi connectivity index (χ4n) is 3.05. The molecule has 0 aliphatic carbocycles. The van der Waals surface area contributed by atoms with E-state index in [1.54, 1.807) is 14.2 Å². The van der Waals surface area contributed by atoms with E-state index in [1.807, 2.05) is 62.0 Å². The van der Waals surface area contributed by atoms with Gasteiger partial charge < -0.3 is 24.3 Å². The number of rotatable bonds is 8. The molecule has 0 radical (unpaired) electrons. The predicted octanol–water partition coefficient (Wildman–Crippen LogP) is 2.92. The highest BCUT2D eigenvalue weighted by atomic mass is 16.5. The summed E-state index contributed by atoms with van der Waals surface area (Å²) in [5.41, 5.74) is 2.27. The zero-order valence-electron chi connectivity index (χ0n) is 18.8. The highest BCUT2D eigenvalue weighted by molar-refractivity contribution is 5.79. The molecule has 1 heterocycles. The van der Waals surface area contributed by atoms with Gasteiger partial charge in [-0.25, -0.2) is 4.99 Å². The van der Waals surface area contributed by atoms with Crippen molar-refractivity contribution in [3.05, 3.63) is 71.3 Å². The molecule has 0 fully saturated rings. The van der Waals surface area contributed by atoms with Gasteiger partial charge >= 0.3 is 0 Å². The van der Waals surface area contributed by atoms with Crippen LogP contribution in [0, 0.1) is 6.92 Å². The lowest BCUT2D eigenvalue weighted by Gasteiger charge is -2.23. The number of aryl methyl sites for hydroxylation is 1. The van der Waals surface area contributed by atoms with E-state index in [-0.39, 0.29) is 0 Å². The van der Waals surface area contributed by atoms with E-state index < -0.39 is 0 Å². The van der Waals surface area contributed by atoms with Crippen molar-refractivity contribution in [1.29, 1.82) is 0 Å². The van der Waals surface area contributed by atoms with Crippen LogP contribution in [0.1, 0.15) is 22.8 Å². The molecule has 0 aliphatic heterocycles. The Kier molecular flexibility index (Phi) is 7.48. The maximum Gasteiger partial charge on any atom is 0.194 e. The Morgan fingerprint density at radius 2 is 1.55 bits per heavy atom. The Hall–Kier alpha value is -3.55. The first-order valence-electron chi connectivity index (χ1n) is 10.1. The van der Waals surface area contributed by atoms with Crippen molar-refractivity contribution >= 4 is 5.96 Å². The molecule has 1 aromatic heterocycles. The lowest BCUT2D eigenvalue weighted by Crippen LogP contribution is -2.38. The van der Waals surface area contributed by atoms with Gasteiger partial charge in [-0.2, -0.15) is 0 Å². The molecule has 2 aromatic carbocycles. The Bertz CT molecular complexity index is 996.